The molecule has 4 N–H and O–H groups in total. The van der Waals surface area contributed by atoms with Gasteiger partial charge in [-0.25, -0.2) is 0 Å². The molecular weight excluding hydrogens is 194 g/mol. The number of aldehydes is 1. The molecule has 0 aliphatic rings. The SMILES string of the molecule is CC(O)CC(N)(CC(C)O)C(C)(C)C=O. The van der Waals surface area contributed by atoms with Gasteiger partial charge >= 0.3 is 0 Å². The van der Waals surface area contributed by atoms with E-state index in [0.29, 0.717) is 12.8 Å². The van der Waals surface area contributed by atoms with E-state index in [1.165, 1.54) is 0 Å². The van der Waals surface area contributed by atoms with E-state index in [9.17, 15) is 15.0 Å². The minimum Gasteiger partial charge on any atom is -0.393 e. The summed E-state index contributed by atoms with van der Waals surface area (Å²) in [5.41, 5.74) is 4.50. The second-order valence-electron chi connectivity index (χ2n) is 5.10. The van der Waals surface area contributed by atoms with Gasteiger partial charge in [0.25, 0.3) is 0 Å². The quantitative estimate of drug-likeness (QED) is 0.564. The number of carbonyl (C=O) groups excluding carboxylic acids is 1. The number of carbonyl (C=O) groups is 1. The van der Waals surface area contributed by atoms with Crippen LogP contribution in [0.2, 0.25) is 0 Å². The van der Waals surface area contributed by atoms with E-state index in [4.69, 9.17) is 5.73 Å². The molecule has 0 heterocycles. The Labute approximate surface area is 91.5 Å². The van der Waals surface area contributed by atoms with E-state index in [1.807, 2.05) is 0 Å². The third-order valence-electron chi connectivity index (χ3n) is 2.90. The van der Waals surface area contributed by atoms with Crippen molar-refractivity contribution in [3.8, 4) is 0 Å². The fraction of sp³-hybridized carbons (Fsp3) is 0.909. The molecule has 0 aromatic rings. The minimum atomic E-state index is -0.878. The first-order chi connectivity index (χ1) is 6.64. The molecule has 0 saturated carbocycles. The molecule has 0 aliphatic heterocycles. The summed E-state index contributed by atoms with van der Waals surface area (Å²) in [6, 6.07) is 0. The van der Waals surface area contributed by atoms with Crippen molar-refractivity contribution in [3.05, 3.63) is 0 Å². The number of aliphatic hydroxyl groups excluding tert-OH is 2. The van der Waals surface area contributed by atoms with E-state index in [2.05, 4.69) is 0 Å². The lowest BCUT2D eigenvalue weighted by Gasteiger charge is -2.42. The van der Waals surface area contributed by atoms with Gasteiger partial charge in [0.1, 0.15) is 6.29 Å². The average molecular weight is 217 g/mol. The lowest BCUT2D eigenvalue weighted by Crippen LogP contribution is -2.56. The van der Waals surface area contributed by atoms with Crippen LogP contribution in [0.15, 0.2) is 0 Å². The minimum absolute atomic E-state index is 0.295. The molecule has 4 heteroatoms. The molecule has 0 fully saturated rings. The Morgan fingerprint density at radius 1 is 1.20 bits per heavy atom. The molecule has 0 radical (unpaired) electrons. The van der Waals surface area contributed by atoms with Gasteiger partial charge in [-0.05, 0) is 26.7 Å². The summed E-state index contributed by atoms with van der Waals surface area (Å²) >= 11 is 0. The molecule has 90 valence electrons. The predicted octanol–water partition coefficient (Wildman–Crippen LogP) is 0.451. The Bertz CT molecular complexity index is 202. The van der Waals surface area contributed by atoms with E-state index >= 15 is 0 Å². The van der Waals surface area contributed by atoms with Gasteiger partial charge in [0.05, 0.1) is 12.2 Å². The van der Waals surface area contributed by atoms with Crippen LogP contribution in [0.1, 0.15) is 40.5 Å². The van der Waals surface area contributed by atoms with Crippen molar-refractivity contribution in [2.75, 3.05) is 0 Å². The summed E-state index contributed by atoms with van der Waals surface area (Å²) in [5.74, 6) is 0. The van der Waals surface area contributed by atoms with E-state index in [1.54, 1.807) is 27.7 Å². The molecule has 4 nitrogen and oxygen atoms in total. The summed E-state index contributed by atoms with van der Waals surface area (Å²) in [4.78, 5) is 11.0. The van der Waals surface area contributed by atoms with Crippen molar-refractivity contribution in [2.45, 2.75) is 58.3 Å². The first-order valence-corrected chi connectivity index (χ1v) is 5.26. The van der Waals surface area contributed by atoms with Gasteiger partial charge < -0.3 is 20.7 Å². The highest BCUT2D eigenvalue weighted by Crippen LogP contribution is 2.34. The zero-order valence-electron chi connectivity index (χ0n) is 10.0. The number of hydrogen-bond acceptors (Lipinski definition) is 4. The summed E-state index contributed by atoms with van der Waals surface area (Å²) in [6.07, 6.45) is 0.200. The Balaban J connectivity index is 4.92. The molecule has 0 spiro atoms. The predicted molar refractivity (Wildman–Crippen MR) is 59.4 cm³/mol. The zero-order chi connectivity index (χ0) is 12.3. The summed E-state index contributed by atoms with van der Waals surface area (Å²) in [6.45, 7) is 6.71. The van der Waals surface area contributed by atoms with Crippen molar-refractivity contribution in [1.82, 2.24) is 0 Å². The summed E-state index contributed by atoms with van der Waals surface area (Å²) < 4.78 is 0. The van der Waals surface area contributed by atoms with Crippen LogP contribution < -0.4 is 5.73 Å². The van der Waals surface area contributed by atoms with Crippen LogP contribution in [0.5, 0.6) is 0 Å². The fourth-order valence-electron chi connectivity index (χ4n) is 1.78. The van der Waals surface area contributed by atoms with Crippen molar-refractivity contribution in [2.24, 2.45) is 11.1 Å². The highest BCUT2D eigenvalue weighted by Gasteiger charge is 2.43. The third kappa shape index (κ3) is 3.89. The first-order valence-electron chi connectivity index (χ1n) is 5.26. The van der Waals surface area contributed by atoms with Gasteiger partial charge in [-0.3, -0.25) is 0 Å². The largest absolute Gasteiger partial charge is 0.393 e. The van der Waals surface area contributed by atoms with Crippen LogP contribution in [0.25, 0.3) is 0 Å². The maximum Gasteiger partial charge on any atom is 0.127 e. The lowest BCUT2D eigenvalue weighted by molar-refractivity contribution is -0.119. The van der Waals surface area contributed by atoms with Crippen LogP contribution in [0.3, 0.4) is 0 Å². The van der Waals surface area contributed by atoms with E-state index in [-0.39, 0.29) is 0 Å². The van der Waals surface area contributed by atoms with Crippen LogP contribution in [-0.2, 0) is 4.79 Å². The number of rotatable bonds is 6. The van der Waals surface area contributed by atoms with Crippen molar-refractivity contribution >= 4 is 6.29 Å². The standard InChI is InChI=1S/C11H23NO3/c1-8(14)5-11(12,6-9(2)15)10(3,4)7-13/h7-9,14-15H,5-6,12H2,1-4H3. The number of nitrogens with two attached hydrogens (primary N) is 1. The second-order valence-corrected chi connectivity index (χ2v) is 5.10. The Kier molecular flexibility index (Phi) is 4.90. The topological polar surface area (TPSA) is 83.6 Å². The van der Waals surface area contributed by atoms with Crippen molar-refractivity contribution < 1.29 is 15.0 Å². The van der Waals surface area contributed by atoms with Gasteiger partial charge in [-0.15, -0.1) is 0 Å². The molecule has 0 aromatic carbocycles. The Hall–Kier alpha value is -0.450. The maximum absolute atomic E-state index is 11.0. The van der Waals surface area contributed by atoms with Crippen LogP contribution in [0, 0.1) is 5.41 Å². The normalized spacial score (nSPS) is 20.5. The fourth-order valence-corrected chi connectivity index (χ4v) is 1.78. The van der Waals surface area contributed by atoms with Gasteiger partial charge in [-0.2, -0.15) is 0 Å². The van der Waals surface area contributed by atoms with Gasteiger partial charge in [0.2, 0.25) is 0 Å². The van der Waals surface area contributed by atoms with Crippen LogP contribution >= 0.6 is 0 Å². The van der Waals surface area contributed by atoms with Crippen molar-refractivity contribution in [1.29, 1.82) is 0 Å². The second kappa shape index (κ2) is 5.05. The highest BCUT2D eigenvalue weighted by atomic mass is 16.3. The zero-order valence-corrected chi connectivity index (χ0v) is 10.0. The first kappa shape index (κ1) is 14.6. The molecule has 2 atom stereocenters. The van der Waals surface area contributed by atoms with Gasteiger partial charge in [0, 0.05) is 11.0 Å². The molecular formula is C11H23NO3. The third-order valence-corrected chi connectivity index (χ3v) is 2.90. The maximum atomic E-state index is 11.0. The summed E-state index contributed by atoms with van der Waals surface area (Å²) in [5, 5.41) is 18.8. The van der Waals surface area contributed by atoms with Crippen LogP contribution in [-0.4, -0.2) is 34.2 Å². The van der Waals surface area contributed by atoms with Crippen LogP contribution in [0.4, 0.5) is 0 Å². The monoisotopic (exact) mass is 217 g/mol. The van der Waals surface area contributed by atoms with Gasteiger partial charge in [0.15, 0.2) is 0 Å². The average Bonchev–Trinajstić information content (AvgIpc) is 2.00. The van der Waals surface area contributed by atoms with E-state index in [0.717, 1.165) is 6.29 Å². The Morgan fingerprint density at radius 3 is 1.73 bits per heavy atom. The number of hydrogen-bond donors (Lipinski definition) is 3. The van der Waals surface area contributed by atoms with Crippen molar-refractivity contribution in [3.63, 3.8) is 0 Å². The molecule has 0 bridgehead atoms. The number of aliphatic hydroxyl groups is 2. The van der Waals surface area contributed by atoms with E-state index < -0.39 is 23.2 Å². The highest BCUT2D eigenvalue weighted by molar-refractivity contribution is 5.60. The molecule has 15 heavy (non-hydrogen) atoms. The smallest absolute Gasteiger partial charge is 0.127 e. The lowest BCUT2D eigenvalue weighted by atomic mass is 9.68. The molecule has 0 aromatic heterocycles. The van der Waals surface area contributed by atoms with Gasteiger partial charge in [-0.1, -0.05) is 13.8 Å². The molecule has 0 amide bonds. The summed E-state index contributed by atoms with van der Waals surface area (Å²) in [7, 11) is 0. The molecule has 0 rings (SSSR count). The molecule has 0 aliphatic carbocycles. The Morgan fingerprint density at radius 2 is 1.53 bits per heavy atom. The molecule has 0 saturated heterocycles. The molecule has 2 unspecified atom stereocenters.